The molecule has 0 aromatic rings. The quantitative estimate of drug-likeness (QED) is 0.430. The lowest BCUT2D eigenvalue weighted by Gasteiger charge is -2.38. The Hall–Kier alpha value is -1.45. The van der Waals surface area contributed by atoms with Crippen molar-refractivity contribution in [3.63, 3.8) is 0 Å². The SMILES string of the molecule is C=CCN(C(=O)[C@H]1N(CCO)C(=O)[C@@H]2[C@@H](C(=O)O)[C@@H]3O[C@@]21CC3Br)C(C)C. The fraction of sp³-hybridized carbons (Fsp3) is 0.722. The molecule has 3 saturated heterocycles. The molecular weight excluding hydrogens is 420 g/mol. The number of carboxylic acid groups (broad SMARTS) is 1. The van der Waals surface area contributed by atoms with Crippen LogP contribution < -0.4 is 0 Å². The predicted molar refractivity (Wildman–Crippen MR) is 99.2 cm³/mol. The maximum atomic E-state index is 13.5. The molecule has 3 heterocycles. The molecular formula is C18H25BrN2O6. The molecule has 1 spiro atoms. The van der Waals surface area contributed by atoms with Crippen molar-refractivity contribution in [2.75, 3.05) is 19.7 Å². The van der Waals surface area contributed by atoms with Gasteiger partial charge in [0.15, 0.2) is 0 Å². The van der Waals surface area contributed by atoms with Crippen LogP contribution in [0.4, 0.5) is 0 Å². The number of carbonyl (C=O) groups is 3. The molecule has 3 aliphatic heterocycles. The van der Waals surface area contributed by atoms with Crippen molar-refractivity contribution in [2.45, 2.75) is 48.9 Å². The number of likely N-dealkylation sites (tertiary alicyclic amines) is 1. The number of fused-ring (bicyclic) bond motifs is 1. The first-order valence-electron chi connectivity index (χ1n) is 9.08. The Morgan fingerprint density at radius 1 is 1.52 bits per heavy atom. The summed E-state index contributed by atoms with van der Waals surface area (Å²) in [6.45, 7) is 7.37. The number of nitrogens with zero attached hydrogens (tertiary/aromatic N) is 2. The number of rotatable bonds is 7. The number of amides is 2. The van der Waals surface area contributed by atoms with Gasteiger partial charge in [0.2, 0.25) is 11.8 Å². The smallest absolute Gasteiger partial charge is 0.310 e. The molecule has 0 aromatic carbocycles. The van der Waals surface area contributed by atoms with E-state index in [-0.39, 0.29) is 29.9 Å². The van der Waals surface area contributed by atoms with Crippen LogP contribution in [0, 0.1) is 11.8 Å². The summed E-state index contributed by atoms with van der Waals surface area (Å²) in [7, 11) is 0. The predicted octanol–water partition coefficient (Wildman–Crippen LogP) is 0.234. The average molecular weight is 445 g/mol. The van der Waals surface area contributed by atoms with Crippen molar-refractivity contribution in [2.24, 2.45) is 11.8 Å². The molecule has 2 amide bonds. The minimum absolute atomic E-state index is 0.0408. The molecule has 9 heteroatoms. The minimum atomic E-state index is -1.19. The molecule has 3 rings (SSSR count). The van der Waals surface area contributed by atoms with Crippen LogP contribution in [0.5, 0.6) is 0 Å². The Labute approximate surface area is 166 Å². The second-order valence-corrected chi connectivity index (χ2v) is 8.81. The van der Waals surface area contributed by atoms with E-state index < -0.39 is 41.5 Å². The zero-order valence-corrected chi connectivity index (χ0v) is 17.0. The normalized spacial score (nSPS) is 37.0. The fourth-order valence-corrected chi connectivity index (χ4v) is 5.83. The van der Waals surface area contributed by atoms with Crippen LogP contribution in [0.3, 0.4) is 0 Å². The van der Waals surface area contributed by atoms with Crippen LogP contribution in [0.25, 0.3) is 0 Å². The van der Waals surface area contributed by atoms with Crippen LogP contribution in [0.2, 0.25) is 0 Å². The molecule has 3 fully saturated rings. The fourth-order valence-electron chi connectivity index (χ4n) is 4.89. The van der Waals surface area contributed by atoms with Crippen molar-refractivity contribution in [3.05, 3.63) is 12.7 Å². The van der Waals surface area contributed by atoms with E-state index in [1.165, 1.54) is 4.90 Å². The number of β-amino-alcohol motifs (C(OH)–C–C–N with tert-alkyl or cyclic N) is 1. The lowest BCUT2D eigenvalue weighted by molar-refractivity contribution is -0.151. The first-order valence-corrected chi connectivity index (χ1v) is 10.00. The second kappa shape index (κ2) is 7.18. The maximum Gasteiger partial charge on any atom is 0.310 e. The number of hydrogen-bond donors (Lipinski definition) is 2. The van der Waals surface area contributed by atoms with Crippen LogP contribution in [0.15, 0.2) is 12.7 Å². The van der Waals surface area contributed by atoms with Gasteiger partial charge in [0, 0.05) is 24.0 Å². The zero-order chi connectivity index (χ0) is 20.1. The van der Waals surface area contributed by atoms with E-state index in [1.54, 1.807) is 11.0 Å². The molecule has 0 saturated carbocycles. The number of carboxylic acids is 1. The summed E-state index contributed by atoms with van der Waals surface area (Å²) in [6.07, 6.45) is 1.33. The third-order valence-corrected chi connectivity index (χ3v) is 6.73. The largest absolute Gasteiger partial charge is 0.481 e. The lowest BCUT2D eigenvalue weighted by Crippen LogP contribution is -2.58. The van der Waals surface area contributed by atoms with Crippen LogP contribution in [-0.2, 0) is 19.1 Å². The van der Waals surface area contributed by atoms with Crippen molar-refractivity contribution < 1.29 is 29.3 Å². The molecule has 3 aliphatic rings. The lowest BCUT2D eigenvalue weighted by atomic mass is 9.70. The molecule has 2 bridgehead atoms. The number of alkyl halides is 1. The van der Waals surface area contributed by atoms with Gasteiger partial charge in [0.05, 0.1) is 24.5 Å². The Bertz CT molecular complexity index is 670. The van der Waals surface area contributed by atoms with Gasteiger partial charge in [0.1, 0.15) is 11.6 Å². The van der Waals surface area contributed by atoms with Crippen LogP contribution in [0.1, 0.15) is 20.3 Å². The number of carbonyl (C=O) groups excluding carboxylic acids is 2. The maximum absolute atomic E-state index is 13.5. The molecule has 6 atom stereocenters. The topological polar surface area (TPSA) is 107 Å². The highest BCUT2D eigenvalue weighted by Gasteiger charge is 2.76. The van der Waals surface area contributed by atoms with Gasteiger partial charge >= 0.3 is 5.97 Å². The zero-order valence-electron chi connectivity index (χ0n) is 15.4. The summed E-state index contributed by atoms with van der Waals surface area (Å²) in [5.41, 5.74) is -1.19. The molecule has 8 nitrogen and oxygen atoms in total. The highest BCUT2D eigenvalue weighted by atomic mass is 79.9. The summed E-state index contributed by atoms with van der Waals surface area (Å²) in [5, 5.41) is 19.2. The van der Waals surface area contributed by atoms with Crippen LogP contribution >= 0.6 is 15.9 Å². The molecule has 27 heavy (non-hydrogen) atoms. The van der Waals surface area contributed by atoms with E-state index >= 15 is 0 Å². The number of aliphatic hydroxyl groups is 1. The van der Waals surface area contributed by atoms with Gasteiger partial charge in [-0.05, 0) is 20.3 Å². The van der Waals surface area contributed by atoms with Crippen LogP contribution in [-0.4, -0.2) is 86.1 Å². The molecule has 150 valence electrons. The number of aliphatic carboxylic acids is 1. The summed E-state index contributed by atoms with van der Waals surface area (Å²) >= 11 is 3.48. The van der Waals surface area contributed by atoms with E-state index in [0.717, 1.165) is 0 Å². The molecule has 2 N–H and O–H groups in total. The van der Waals surface area contributed by atoms with Gasteiger partial charge in [-0.15, -0.1) is 6.58 Å². The van der Waals surface area contributed by atoms with E-state index in [1.807, 2.05) is 13.8 Å². The number of ether oxygens (including phenoxy) is 1. The minimum Gasteiger partial charge on any atom is -0.481 e. The Morgan fingerprint density at radius 3 is 2.70 bits per heavy atom. The molecule has 0 aliphatic carbocycles. The first-order chi connectivity index (χ1) is 12.7. The number of aliphatic hydroxyl groups excluding tert-OH is 1. The number of halogens is 1. The highest BCUT2D eigenvalue weighted by Crippen LogP contribution is 2.60. The third-order valence-electron chi connectivity index (χ3n) is 5.88. The molecule has 0 radical (unpaired) electrons. The standard InChI is InChI=1S/C18H25BrN2O6/c1-4-5-20(9(2)3)16(24)14-18-8-10(19)13(27-18)11(17(25)26)12(18)15(23)21(14)6-7-22/h4,9-14,22H,1,5-8H2,2-3H3,(H,25,26)/t10?,11-,12+,13-,14-,18+/m1/s1. The van der Waals surface area contributed by atoms with Gasteiger partial charge in [0.25, 0.3) is 0 Å². The molecule has 1 unspecified atom stereocenters. The van der Waals surface area contributed by atoms with E-state index in [4.69, 9.17) is 4.74 Å². The first kappa shape index (κ1) is 20.3. The Balaban J connectivity index is 2.08. The average Bonchev–Trinajstić information content (AvgIpc) is 3.17. The van der Waals surface area contributed by atoms with Gasteiger partial charge in [-0.2, -0.15) is 0 Å². The number of hydrogen-bond acceptors (Lipinski definition) is 5. The Morgan fingerprint density at radius 2 is 2.19 bits per heavy atom. The van der Waals surface area contributed by atoms with E-state index in [2.05, 4.69) is 22.5 Å². The van der Waals surface area contributed by atoms with E-state index in [9.17, 15) is 24.6 Å². The summed E-state index contributed by atoms with van der Waals surface area (Å²) in [4.78, 5) is 41.1. The molecule has 0 aromatic heterocycles. The van der Waals surface area contributed by atoms with Gasteiger partial charge in [-0.3, -0.25) is 14.4 Å². The van der Waals surface area contributed by atoms with Gasteiger partial charge in [-0.25, -0.2) is 0 Å². The van der Waals surface area contributed by atoms with Crippen molar-refractivity contribution >= 4 is 33.7 Å². The van der Waals surface area contributed by atoms with Crippen molar-refractivity contribution in [1.82, 2.24) is 9.80 Å². The second-order valence-electron chi connectivity index (χ2n) is 7.63. The van der Waals surface area contributed by atoms with Crippen molar-refractivity contribution in [3.8, 4) is 0 Å². The van der Waals surface area contributed by atoms with Gasteiger partial charge < -0.3 is 24.7 Å². The van der Waals surface area contributed by atoms with Gasteiger partial charge in [-0.1, -0.05) is 22.0 Å². The highest BCUT2D eigenvalue weighted by molar-refractivity contribution is 9.09. The summed E-state index contributed by atoms with van der Waals surface area (Å²) in [6, 6.07) is -1.09. The monoisotopic (exact) mass is 444 g/mol. The van der Waals surface area contributed by atoms with Crippen molar-refractivity contribution in [1.29, 1.82) is 0 Å². The third kappa shape index (κ3) is 2.82. The summed E-state index contributed by atoms with van der Waals surface area (Å²) in [5.74, 6) is -3.78. The Kier molecular flexibility index (Phi) is 5.39. The summed E-state index contributed by atoms with van der Waals surface area (Å²) < 4.78 is 6.11. The van der Waals surface area contributed by atoms with E-state index in [0.29, 0.717) is 13.0 Å².